The van der Waals surface area contributed by atoms with Gasteiger partial charge in [-0.3, -0.25) is 4.90 Å². The molecule has 12 heavy (non-hydrogen) atoms. The molecular weight excluding hydrogens is 152 g/mol. The highest BCUT2D eigenvalue weighted by molar-refractivity contribution is 4.95. The first-order valence-electron chi connectivity index (χ1n) is 4.57. The van der Waals surface area contributed by atoms with E-state index in [1.54, 1.807) is 6.26 Å². The van der Waals surface area contributed by atoms with Gasteiger partial charge in [-0.2, -0.15) is 0 Å². The third-order valence-electron chi connectivity index (χ3n) is 2.33. The Morgan fingerprint density at radius 2 is 2.17 bits per heavy atom. The quantitative estimate of drug-likeness (QED) is 0.669. The Hall–Kier alpha value is -0.830. The number of aromatic nitrogens is 1. The Morgan fingerprint density at radius 3 is 2.83 bits per heavy atom. The van der Waals surface area contributed by atoms with E-state index >= 15 is 0 Å². The maximum atomic E-state index is 4.78. The predicted octanol–water partition coefficient (Wildman–Crippen LogP) is 1.66. The molecule has 1 aromatic rings. The van der Waals surface area contributed by atoms with Crippen LogP contribution in [0.15, 0.2) is 16.9 Å². The van der Waals surface area contributed by atoms with Gasteiger partial charge in [0.25, 0.3) is 0 Å². The van der Waals surface area contributed by atoms with E-state index < -0.39 is 0 Å². The molecular formula is C9H14N2O. The number of hydrogen-bond acceptors (Lipinski definition) is 3. The number of nitrogens with zero attached hydrogens (tertiary/aromatic N) is 2. The molecule has 0 atom stereocenters. The summed E-state index contributed by atoms with van der Waals surface area (Å²) in [6.45, 7) is 3.39. The van der Waals surface area contributed by atoms with E-state index in [4.69, 9.17) is 4.52 Å². The number of likely N-dealkylation sites (tertiary alicyclic amines) is 1. The Balaban J connectivity index is 1.86. The minimum Gasteiger partial charge on any atom is -0.364 e. The molecule has 66 valence electrons. The normalized spacial score (nSPS) is 19.7. The summed E-state index contributed by atoms with van der Waals surface area (Å²) >= 11 is 0. The molecule has 0 unspecified atom stereocenters. The molecule has 3 nitrogen and oxygen atoms in total. The van der Waals surface area contributed by atoms with Crippen LogP contribution in [0.5, 0.6) is 0 Å². The smallest absolute Gasteiger partial charge is 0.124 e. The fraction of sp³-hybridized carbons (Fsp3) is 0.667. The van der Waals surface area contributed by atoms with E-state index in [1.165, 1.54) is 32.4 Å². The van der Waals surface area contributed by atoms with Crippen LogP contribution >= 0.6 is 0 Å². The van der Waals surface area contributed by atoms with Gasteiger partial charge < -0.3 is 4.52 Å². The summed E-state index contributed by atoms with van der Waals surface area (Å²) in [5.41, 5.74) is 1.05. The van der Waals surface area contributed by atoms with Crippen molar-refractivity contribution in [2.24, 2.45) is 0 Å². The van der Waals surface area contributed by atoms with Crippen molar-refractivity contribution < 1.29 is 4.52 Å². The van der Waals surface area contributed by atoms with Crippen LogP contribution in [0.1, 0.15) is 25.0 Å². The first-order chi connectivity index (χ1) is 5.95. The highest BCUT2D eigenvalue weighted by Crippen LogP contribution is 2.11. The van der Waals surface area contributed by atoms with Gasteiger partial charge in [-0.25, -0.2) is 0 Å². The van der Waals surface area contributed by atoms with Crippen molar-refractivity contribution >= 4 is 0 Å². The van der Waals surface area contributed by atoms with Gasteiger partial charge >= 0.3 is 0 Å². The predicted molar refractivity (Wildman–Crippen MR) is 45.6 cm³/mol. The van der Waals surface area contributed by atoms with E-state index in [9.17, 15) is 0 Å². The second-order valence-electron chi connectivity index (χ2n) is 3.33. The maximum Gasteiger partial charge on any atom is 0.124 e. The summed E-state index contributed by atoms with van der Waals surface area (Å²) in [6, 6.07) is 1.94. The molecule has 0 bridgehead atoms. The minimum atomic E-state index is 0.955. The monoisotopic (exact) mass is 166 g/mol. The molecule has 1 fully saturated rings. The molecule has 2 heterocycles. The topological polar surface area (TPSA) is 29.3 Å². The van der Waals surface area contributed by atoms with Gasteiger partial charge in [-0.1, -0.05) is 11.6 Å². The zero-order chi connectivity index (χ0) is 8.23. The Kier molecular flexibility index (Phi) is 2.42. The molecule has 0 saturated carbocycles. The molecule has 3 heteroatoms. The number of rotatable bonds is 2. The Bertz CT molecular complexity index is 214. The van der Waals surface area contributed by atoms with Crippen molar-refractivity contribution in [2.75, 3.05) is 13.1 Å². The SMILES string of the molecule is c1cc(CN2CCCCC2)no1. The van der Waals surface area contributed by atoms with Crippen LogP contribution in [0, 0.1) is 0 Å². The highest BCUT2D eigenvalue weighted by Gasteiger charge is 2.10. The molecule has 2 rings (SSSR count). The van der Waals surface area contributed by atoms with Gasteiger partial charge in [0, 0.05) is 12.6 Å². The van der Waals surface area contributed by atoms with Crippen LogP contribution < -0.4 is 0 Å². The fourth-order valence-corrected chi connectivity index (χ4v) is 1.67. The standard InChI is InChI=1S/C9H14N2O/c1-2-5-11(6-3-1)8-9-4-7-12-10-9/h4,7H,1-3,5-6,8H2. The van der Waals surface area contributed by atoms with Crippen LogP contribution in [0.4, 0.5) is 0 Å². The lowest BCUT2D eigenvalue weighted by Crippen LogP contribution is -2.29. The summed E-state index contributed by atoms with van der Waals surface area (Å²) in [5, 5.41) is 3.89. The first kappa shape index (κ1) is 7.80. The first-order valence-corrected chi connectivity index (χ1v) is 4.57. The fourth-order valence-electron chi connectivity index (χ4n) is 1.67. The molecule has 1 aliphatic rings. The minimum absolute atomic E-state index is 0.955. The molecule has 1 saturated heterocycles. The lowest BCUT2D eigenvalue weighted by Gasteiger charge is -2.25. The van der Waals surface area contributed by atoms with Crippen LogP contribution in [0.25, 0.3) is 0 Å². The maximum absolute atomic E-state index is 4.78. The summed E-state index contributed by atoms with van der Waals surface area (Å²) in [7, 11) is 0. The van der Waals surface area contributed by atoms with E-state index in [2.05, 4.69) is 10.1 Å². The zero-order valence-electron chi connectivity index (χ0n) is 7.20. The van der Waals surface area contributed by atoms with Crippen LogP contribution in [0.3, 0.4) is 0 Å². The molecule has 0 spiro atoms. The summed E-state index contributed by atoms with van der Waals surface area (Å²) in [5.74, 6) is 0. The average Bonchev–Trinajstić information content (AvgIpc) is 2.59. The Morgan fingerprint density at radius 1 is 1.33 bits per heavy atom. The van der Waals surface area contributed by atoms with Crippen LogP contribution in [0.2, 0.25) is 0 Å². The summed E-state index contributed by atoms with van der Waals surface area (Å²) in [4.78, 5) is 2.43. The molecule has 0 N–H and O–H groups in total. The average molecular weight is 166 g/mol. The summed E-state index contributed by atoms with van der Waals surface area (Å²) in [6.07, 6.45) is 5.68. The van der Waals surface area contributed by atoms with E-state index in [0.29, 0.717) is 0 Å². The van der Waals surface area contributed by atoms with Crippen LogP contribution in [-0.2, 0) is 6.54 Å². The third kappa shape index (κ3) is 1.85. The molecule has 1 aromatic heterocycles. The van der Waals surface area contributed by atoms with Gasteiger partial charge in [0.2, 0.25) is 0 Å². The van der Waals surface area contributed by atoms with Gasteiger partial charge in [0.15, 0.2) is 0 Å². The van der Waals surface area contributed by atoms with Gasteiger partial charge in [-0.15, -0.1) is 0 Å². The number of piperidine rings is 1. The molecule has 1 aliphatic heterocycles. The van der Waals surface area contributed by atoms with Crippen molar-refractivity contribution in [3.8, 4) is 0 Å². The van der Waals surface area contributed by atoms with Crippen molar-refractivity contribution in [1.82, 2.24) is 10.1 Å². The van der Waals surface area contributed by atoms with Gasteiger partial charge in [0.1, 0.15) is 6.26 Å². The van der Waals surface area contributed by atoms with Crippen molar-refractivity contribution in [2.45, 2.75) is 25.8 Å². The van der Waals surface area contributed by atoms with Crippen LogP contribution in [-0.4, -0.2) is 23.1 Å². The zero-order valence-corrected chi connectivity index (χ0v) is 7.20. The van der Waals surface area contributed by atoms with E-state index in [0.717, 1.165) is 12.2 Å². The lowest BCUT2D eigenvalue weighted by molar-refractivity contribution is 0.215. The molecule has 0 radical (unpaired) electrons. The largest absolute Gasteiger partial charge is 0.364 e. The second-order valence-corrected chi connectivity index (χ2v) is 3.33. The van der Waals surface area contributed by atoms with Gasteiger partial charge in [0.05, 0.1) is 5.69 Å². The molecule has 0 amide bonds. The van der Waals surface area contributed by atoms with Gasteiger partial charge in [-0.05, 0) is 25.9 Å². The summed E-state index contributed by atoms with van der Waals surface area (Å²) < 4.78 is 4.78. The van der Waals surface area contributed by atoms with E-state index in [1.807, 2.05) is 6.07 Å². The Labute approximate surface area is 72.3 Å². The van der Waals surface area contributed by atoms with E-state index in [-0.39, 0.29) is 0 Å². The molecule has 0 aromatic carbocycles. The van der Waals surface area contributed by atoms with Crippen molar-refractivity contribution in [1.29, 1.82) is 0 Å². The number of hydrogen-bond donors (Lipinski definition) is 0. The molecule has 0 aliphatic carbocycles. The third-order valence-corrected chi connectivity index (χ3v) is 2.33. The van der Waals surface area contributed by atoms with Crippen molar-refractivity contribution in [3.63, 3.8) is 0 Å². The highest BCUT2D eigenvalue weighted by atomic mass is 16.5. The van der Waals surface area contributed by atoms with Crippen molar-refractivity contribution in [3.05, 3.63) is 18.0 Å². The lowest BCUT2D eigenvalue weighted by atomic mass is 10.1. The second kappa shape index (κ2) is 3.72.